The Morgan fingerprint density at radius 2 is 2.53 bits per heavy atom. The van der Waals surface area contributed by atoms with Crippen molar-refractivity contribution in [2.45, 2.75) is 13.0 Å². The number of aromatic nitrogens is 1. The van der Waals surface area contributed by atoms with Crippen LogP contribution in [0, 0.1) is 6.92 Å². The second-order valence-electron chi connectivity index (χ2n) is 3.61. The predicted octanol–water partition coefficient (Wildman–Crippen LogP) is 1.51. The third-order valence-corrected chi connectivity index (χ3v) is 2.95. The van der Waals surface area contributed by atoms with Gasteiger partial charge < -0.3 is 14.9 Å². The van der Waals surface area contributed by atoms with Gasteiger partial charge in [-0.3, -0.25) is 4.79 Å². The van der Waals surface area contributed by atoms with E-state index in [2.05, 4.69) is 10.5 Å². The number of thiophene rings is 1. The lowest BCUT2D eigenvalue weighted by atomic mass is 10.2. The van der Waals surface area contributed by atoms with E-state index in [1.165, 1.54) is 11.3 Å². The molecule has 17 heavy (non-hydrogen) atoms. The first-order valence-electron chi connectivity index (χ1n) is 5.08. The molecule has 0 radical (unpaired) electrons. The molecule has 0 saturated heterocycles. The minimum atomic E-state index is -0.696. The Bertz CT molecular complexity index is 493. The van der Waals surface area contributed by atoms with Crippen molar-refractivity contribution < 1.29 is 14.4 Å². The molecule has 2 N–H and O–H groups in total. The summed E-state index contributed by atoms with van der Waals surface area (Å²) in [6.45, 7) is 1.87. The fourth-order valence-electron chi connectivity index (χ4n) is 1.34. The third-order valence-electron chi connectivity index (χ3n) is 2.24. The van der Waals surface area contributed by atoms with Crippen LogP contribution in [0.3, 0.4) is 0 Å². The summed E-state index contributed by atoms with van der Waals surface area (Å²) in [5, 5.41) is 19.7. The third kappa shape index (κ3) is 2.92. The van der Waals surface area contributed by atoms with Crippen molar-refractivity contribution in [1.29, 1.82) is 0 Å². The topological polar surface area (TPSA) is 75.4 Å². The van der Waals surface area contributed by atoms with Crippen molar-refractivity contribution in [3.63, 3.8) is 0 Å². The molecule has 0 aliphatic carbocycles. The maximum Gasteiger partial charge on any atom is 0.273 e. The highest BCUT2D eigenvalue weighted by Gasteiger charge is 2.13. The van der Waals surface area contributed by atoms with Crippen LogP contribution in [0.5, 0.6) is 0 Å². The number of rotatable bonds is 4. The fourth-order valence-corrected chi connectivity index (χ4v) is 2.04. The quantitative estimate of drug-likeness (QED) is 0.864. The first-order valence-corrected chi connectivity index (χ1v) is 6.03. The minimum absolute atomic E-state index is 0.154. The summed E-state index contributed by atoms with van der Waals surface area (Å²) >= 11 is 1.50. The van der Waals surface area contributed by atoms with Crippen molar-refractivity contribution in [1.82, 2.24) is 10.5 Å². The normalized spacial score (nSPS) is 12.4. The van der Waals surface area contributed by atoms with Crippen LogP contribution in [0.25, 0.3) is 0 Å². The molecule has 0 spiro atoms. The number of nitrogens with one attached hydrogen (secondary N) is 1. The van der Waals surface area contributed by atoms with E-state index in [-0.39, 0.29) is 18.1 Å². The van der Waals surface area contributed by atoms with Gasteiger partial charge in [0.2, 0.25) is 0 Å². The van der Waals surface area contributed by atoms with E-state index in [0.29, 0.717) is 5.76 Å². The highest BCUT2D eigenvalue weighted by Crippen LogP contribution is 2.15. The SMILES string of the molecule is Cc1cc(C(=O)NCC(O)c2ccsc2)no1. The van der Waals surface area contributed by atoms with Crippen LogP contribution in [0.15, 0.2) is 27.4 Å². The highest BCUT2D eigenvalue weighted by atomic mass is 32.1. The standard InChI is InChI=1S/C11H12N2O3S/c1-7-4-9(13-16-7)11(15)12-5-10(14)8-2-3-17-6-8/h2-4,6,10,14H,5H2,1H3,(H,12,15). The molecular formula is C11H12N2O3S. The van der Waals surface area contributed by atoms with E-state index in [1.54, 1.807) is 13.0 Å². The number of hydrogen-bond acceptors (Lipinski definition) is 5. The molecular weight excluding hydrogens is 240 g/mol. The molecule has 90 valence electrons. The Morgan fingerprint density at radius 3 is 3.12 bits per heavy atom. The monoisotopic (exact) mass is 252 g/mol. The Hall–Kier alpha value is -1.66. The van der Waals surface area contributed by atoms with Crippen LogP contribution in [0.2, 0.25) is 0 Å². The first kappa shape index (κ1) is 11.8. The van der Waals surface area contributed by atoms with Crippen molar-refractivity contribution >= 4 is 17.2 Å². The van der Waals surface area contributed by atoms with Gasteiger partial charge in [0.25, 0.3) is 5.91 Å². The van der Waals surface area contributed by atoms with Gasteiger partial charge in [-0.25, -0.2) is 0 Å². The number of aliphatic hydroxyl groups excluding tert-OH is 1. The summed E-state index contributed by atoms with van der Waals surface area (Å²) in [7, 11) is 0. The van der Waals surface area contributed by atoms with Gasteiger partial charge in [0.05, 0.1) is 6.10 Å². The number of amides is 1. The fraction of sp³-hybridized carbons (Fsp3) is 0.273. The maximum absolute atomic E-state index is 11.6. The number of aryl methyl sites for hydroxylation is 1. The number of nitrogens with zero attached hydrogens (tertiary/aromatic N) is 1. The van der Waals surface area contributed by atoms with Crippen molar-refractivity contribution in [3.05, 3.63) is 39.9 Å². The van der Waals surface area contributed by atoms with Gasteiger partial charge in [-0.1, -0.05) is 5.16 Å². The van der Waals surface area contributed by atoms with Crippen LogP contribution in [-0.4, -0.2) is 22.7 Å². The lowest BCUT2D eigenvalue weighted by Crippen LogP contribution is -2.28. The molecule has 0 fully saturated rings. The van der Waals surface area contributed by atoms with Gasteiger partial charge in [-0.2, -0.15) is 11.3 Å². The zero-order valence-electron chi connectivity index (χ0n) is 9.21. The highest BCUT2D eigenvalue weighted by molar-refractivity contribution is 7.07. The van der Waals surface area contributed by atoms with E-state index in [4.69, 9.17) is 4.52 Å². The Balaban J connectivity index is 1.88. The number of aliphatic hydroxyl groups is 1. The van der Waals surface area contributed by atoms with E-state index >= 15 is 0 Å². The van der Waals surface area contributed by atoms with Crippen LogP contribution in [0.1, 0.15) is 27.9 Å². The largest absolute Gasteiger partial charge is 0.387 e. The molecule has 0 aliphatic heterocycles. The smallest absolute Gasteiger partial charge is 0.273 e. The summed E-state index contributed by atoms with van der Waals surface area (Å²) in [6.07, 6.45) is -0.696. The number of hydrogen-bond donors (Lipinski definition) is 2. The summed E-state index contributed by atoms with van der Waals surface area (Å²) < 4.78 is 4.79. The molecule has 2 aromatic heterocycles. The first-order chi connectivity index (χ1) is 8.16. The van der Waals surface area contributed by atoms with Gasteiger partial charge in [0, 0.05) is 12.6 Å². The lowest BCUT2D eigenvalue weighted by Gasteiger charge is -2.09. The van der Waals surface area contributed by atoms with Gasteiger partial charge in [0.15, 0.2) is 5.69 Å². The average Bonchev–Trinajstić information content (AvgIpc) is 2.95. The van der Waals surface area contributed by atoms with Gasteiger partial charge >= 0.3 is 0 Å². The second kappa shape index (κ2) is 5.11. The Morgan fingerprint density at radius 1 is 1.71 bits per heavy atom. The summed E-state index contributed by atoms with van der Waals surface area (Å²) in [5.74, 6) is 0.227. The summed E-state index contributed by atoms with van der Waals surface area (Å²) in [5.41, 5.74) is 1.02. The molecule has 1 atom stereocenters. The lowest BCUT2D eigenvalue weighted by molar-refractivity contribution is 0.0907. The van der Waals surface area contributed by atoms with Gasteiger partial charge in [0.1, 0.15) is 5.76 Å². The average molecular weight is 252 g/mol. The zero-order chi connectivity index (χ0) is 12.3. The number of carbonyl (C=O) groups is 1. The molecule has 2 rings (SSSR count). The summed E-state index contributed by atoms with van der Waals surface area (Å²) in [4.78, 5) is 11.6. The van der Waals surface area contributed by atoms with Crippen molar-refractivity contribution in [2.24, 2.45) is 0 Å². The molecule has 2 aromatic rings. The molecule has 6 heteroatoms. The van der Waals surface area contributed by atoms with E-state index in [1.807, 2.05) is 16.8 Å². The zero-order valence-corrected chi connectivity index (χ0v) is 10.0. The van der Waals surface area contributed by atoms with Crippen LogP contribution < -0.4 is 5.32 Å². The second-order valence-corrected chi connectivity index (χ2v) is 4.39. The number of carbonyl (C=O) groups excluding carboxylic acids is 1. The molecule has 1 amide bonds. The predicted molar refractivity (Wildman–Crippen MR) is 62.9 cm³/mol. The molecule has 0 aromatic carbocycles. The van der Waals surface area contributed by atoms with Crippen LogP contribution >= 0.6 is 11.3 Å². The van der Waals surface area contributed by atoms with Crippen molar-refractivity contribution in [2.75, 3.05) is 6.54 Å². The Labute approximate surface area is 102 Å². The van der Waals surface area contributed by atoms with Crippen LogP contribution in [-0.2, 0) is 0 Å². The minimum Gasteiger partial charge on any atom is -0.387 e. The molecule has 5 nitrogen and oxygen atoms in total. The summed E-state index contributed by atoms with van der Waals surface area (Å²) in [6, 6.07) is 3.37. The maximum atomic E-state index is 11.6. The molecule has 2 heterocycles. The van der Waals surface area contributed by atoms with Crippen LogP contribution in [0.4, 0.5) is 0 Å². The van der Waals surface area contributed by atoms with E-state index in [9.17, 15) is 9.90 Å². The molecule has 0 bridgehead atoms. The van der Waals surface area contributed by atoms with E-state index < -0.39 is 6.10 Å². The molecule has 0 aliphatic rings. The molecule has 0 saturated carbocycles. The van der Waals surface area contributed by atoms with Gasteiger partial charge in [-0.05, 0) is 29.3 Å². The van der Waals surface area contributed by atoms with Gasteiger partial charge in [-0.15, -0.1) is 0 Å². The molecule has 1 unspecified atom stereocenters. The Kier molecular flexibility index (Phi) is 3.55. The van der Waals surface area contributed by atoms with E-state index in [0.717, 1.165) is 5.56 Å². The van der Waals surface area contributed by atoms with Crippen molar-refractivity contribution in [3.8, 4) is 0 Å².